The lowest BCUT2D eigenvalue weighted by atomic mass is 9.93. The van der Waals surface area contributed by atoms with Gasteiger partial charge in [-0.1, -0.05) is 42.0 Å². The first-order valence-corrected chi connectivity index (χ1v) is 9.09. The summed E-state index contributed by atoms with van der Waals surface area (Å²) in [6.45, 7) is 2.36. The third-order valence-electron chi connectivity index (χ3n) is 5.04. The first-order valence-electron chi connectivity index (χ1n) is 8.71. The summed E-state index contributed by atoms with van der Waals surface area (Å²) < 4.78 is 0. The van der Waals surface area contributed by atoms with Crippen molar-refractivity contribution in [2.75, 3.05) is 19.6 Å². The fourth-order valence-electron chi connectivity index (χ4n) is 3.60. The number of piperidine rings is 1. The highest BCUT2D eigenvalue weighted by Gasteiger charge is 2.29. The summed E-state index contributed by atoms with van der Waals surface area (Å²) in [5.74, 6) is 0.591. The Hall–Kier alpha value is -2.11. The molecule has 0 spiro atoms. The Morgan fingerprint density at radius 2 is 2.04 bits per heavy atom. The molecule has 3 heterocycles. The van der Waals surface area contributed by atoms with Crippen molar-refractivity contribution in [1.29, 1.82) is 0 Å². The van der Waals surface area contributed by atoms with Gasteiger partial charge in [-0.25, -0.2) is 0 Å². The molecule has 25 heavy (non-hydrogen) atoms. The van der Waals surface area contributed by atoms with E-state index in [9.17, 15) is 4.79 Å². The minimum atomic E-state index is -0.143. The number of likely N-dealkylation sites (tertiary alicyclic amines) is 1. The molecule has 5 nitrogen and oxygen atoms in total. The Balaban J connectivity index is 1.41. The second-order valence-corrected chi connectivity index (χ2v) is 7.01. The van der Waals surface area contributed by atoms with Crippen LogP contribution < -0.4 is 5.32 Å². The Morgan fingerprint density at radius 1 is 1.24 bits per heavy atom. The van der Waals surface area contributed by atoms with Gasteiger partial charge in [0.2, 0.25) is 5.91 Å². The minimum absolute atomic E-state index is 0.143. The van der Waals surface area contributed by atoms with Crippen molar-refractivity contribution in [1.82, 2.24) is 20.4 Å². The largest absolute Gasteiger partial charge is 0.341 e. The van der Waals surface area contributed by atoms with Gasteiger partial charge in [0.15, 0.2) is 0 Å². The lowest BCUT2D eigenvalue weighted by molar-refractivity contribution is -0.133. The molecule has 0 bridgehead atoms. The summed E-state index contributed by atoms with van der Waals surface area (Å²) >= 11 is 6.26. The van der Waals surface area contributed by atoms with Crippen molar-refractivity contribution >= 4 is 17.5 Å². The van der Waals surface area contributed by atoms with Crippen molar-refractivity contribution in [2.45, 2.75) is 24.8 Å². The van der Waals surface area contributed by atoms with Crippen LogP contribution in [-0.4, -0.2) is 46.7 Å². The third kappa shape index (κ3) is 3.34. The van der Waals surface area contributed by atoms with E-state index in [-0.39, 0.29) is 11.9 Å². The van der Waals surface area contributed by atoms with E-state index in [1.54, 1.807) is 0 Å². The molecule has 0 unspecified atom stereocenters. The zero-order valence-electron chi connectivity index (χ0n) is 13.9. The number of benzene rings is 1. The number of carbonyl (C=O) groups is 1. The molecular formula is C19H21ClN4O. The molecule has 1 aromatic carbocycles. The van der Waals surface area contributed by atoms with E-state index >= 15 is 0 Å². The van der Waals surface area contributed by atoms with Gasteiger partial charge in [-0.3, -0.25) is 15.2 Å². The van der Waals surface area contributed by atoms with Crippen molar-refractivity contribution in [3.8, 4) is 11.3 Å². The quantitative estimate of drug-likeness (QED) is 0.831. The predicted octanol–water partition coefficient (Wildman–Crippen LogP) is 2.96. The standard InChI is InChI=1S/C19H21ClN4O/c20-15-5-2-1-4-14(15)18-12-17(22-23-18)13-7-10-24(11-8-13)19(25)16-6-3-9-21-16/h1-6,12-13,16,21H,7-11H2,(H,22,23)/t16-/m0/s1. The molecule has 0 saturated carbocycles. The Kier molecular flexibility index (Phi) is 4.59. The fraction of sp³-hybridized carbons (Fsp3) is 0.368. The average molecular weight is 357 g/mol. The number of nitrogens with one attached hydrogen (secondary N) is 2. The summed E-state index contributed by atoms with van der Waals surface area (Å²) in [6, 6.07) is 9.68. The SMILES string of the molecule is O=C([C@@H]1C=CCN1)N1CCC(c2cc(-c3ccccc3Cl)n[nH]2)CC1. The summed E-state index contributed by atoms with van der Waals surface area (Å²) in [5, 5.41) is 11.5. The van der Waals surface area contributed by atoms with Gasteiger partial charge >= 0.3 is 0 Å². The summed E-state index contributed by atoms with van der Waals surface area (Å²) in [4.78, 5) is 14.4. The van der Waals surface area contributed by atoms with E-state index in [4.69, 9.17) is 11.6 Å². The average Bonchev–Trinajstić information content (AvgIpc) is 3.34. The van der Waals surface area contributed by atoms with Crippen LogP contribution >= 0.6 is 11.6 Å². The maximum atomic E-state index is 12.4. The van der Waals surface area contributed by atoms with Crippen LogP contribution in [0.2, 0.25) is 5.02 Å². The molecule has 2 aliphatic rings. The molecular weight excluding hydrogens is 336 g/mol. The molecule has 0 radical (unpaired) electrons. The summed E-state index contributed by atoms with van der Waals surface area (Å²) in [5.41, 5.74) is 2.94. The predicted molar refractivity (Wildman–Crippen MR) is 98.5 cm³/mol. The van der Waals surface area contributed by atoms with E-state index in [0.29, 0.717) is 10.9 Å². The number of nitrogens with zero attached hydrogens (tertiary/aromatic N) is 2. The maximum Gasteiger partial charge on any atom is 0.243 e. The molecule has 2 aliphatic heterocycles. The summed E-state index contributed by atoms with van der Waals surface area (Å²) in [6.07, 6.45) is 5.87. The lowest BCUT2D eigenvalue weighted by Gasteiger charge is -2.32. The number of halogens is 1. The van der Waals surface area contributed by atoms with E-state index in [1.807, 2.05) is 41.3 Å². The molecule has 1 amide bonds. The van der Waals surface area contributed by atoms with Crippen LogP contribution in [-0.2, 0) is 4.79 Å². The number of hydrogen-bond donors (Lipinski definition) is 2. The van der Waals surface area contributed by atoms with Crippen LogP contribution in [0.1, 0.15) is 24.5 Å². The zero-order chi connectivity index (χ0) is 17.2. The number of H-pyrrole nitrogens is 1. The number of carbonyl (C=O) groups excluding carboxylic acids is 1. The third-order valence-corrected chi connectivity index (χ3v) is 5.37. The van der Waals surface area contributed by atoms with Crippen molar-refractivity contribution in [3.05, 3.63) is 53.2 Å². The fourth-order valence-corrected chi connectivity index (χ4v) is 3.83. The number of aromatic nitrogens is 2. The van der Waals surface area contributed by atoms with Crippen LogP contribution in [0.15, 0.2) is 42.5 Å². The van der Waals surface area contributed by atoms with Crippen LogP contribution in [0.4, 0.5) is 0 Å². The molecule has 130 valence electrons. The molecule has 1 aromatic heterocycles. The minimum Gasteiger partial charge on any atom is -0.341 e. The number of aromatic amines is 1. The zero-order valence-corrected chi connectivity index (χ0v) is 14.7. The highest BCUT2D eigenvalue weighted by atomic mass is 35.5. The van der Waals surface area contributed by atoms with Crippen LogP contribution in [0.3, 0.4) is 0 Å². The van der Waals surface area contributed by atoms with E-state index in [0.717, 1.165) is 49.4 Å². The van der Waals surface area contributed by atoms with Gasteiger partial charge in [-0.05, 0) is 25.0 Å². The molecule has 1 saturated heterocycles. The lowest BCUT2D eigenvalue weighted by Crippen LogP contribution is -2.46. The van der Waals surface area contributed by atoms with Gasteiger partial charge in [0, 0.05) is 36.8 Å². The molecule has 1 fully saturated rings. The molecule has 2 N–H and O–H groups in total. The first-order chi connectivity index (χ1) is 12.2. The normalized spacial score (nSPS) is 21.0. The summed E-state index contributed by atoms with van der Waals surface area (Å²) in [7, 11) is 0. The molecule has 2 aromatic rings. The van der Waals surface area contributed by atoms with Gasteiger partial charge in [0.1, 0.15) is 6.04 Å². The molecule has 6 heteroatoms. The van der Waals surface area contributed by atoms with Crippen molar-refractivity contribution < 1.29 is 4.79 Å². The first kappa shape index (κ1) is 16.4. The Labute approximate surface area is 152 Å². The smallest absolute Gasteiger partial charge is 0.243 e. The second kappa shape index (κ2) is 7.02. The number of rotatable bonds is 3. The molecule has 0 aliphatic carbocycles. The van der Waals surface area contributed by atoms with Crippen molar-refractivity contribution in [2.24, 2.45) is 0 Å². The Morgan fingerprint density at radius 3 is 2.76 bits per heavy atom. The number of hydrogen-bond acceptors (Lipinski definition) is 3. The highest BCUT2D eigenvalue weighted by molar-refractivity contribution is 6.33. The number of amides is 1. The van der Waals surface area contributed by atoms with Gasteiger partial charge < -0.3 is 4.90 Å². The molecule has 4 rings (SSSR count). The topological polar surface area (TPSA) is 61.0 Å². The van der Waals surface area contributed by atoms with Gasteiger partial charge in [0.05, 0.1) is 10.7 Å². The monoisotopic (exact) mass is 356 g/mol. The van der Waals surface area contributed by atoms with E-state index in [2.05, 4.69) is 21.6 Å². The van der Waals surface area contributed by atoms with Crippen LogP contribution in [0, 0.1) is 0 Å². The van der Waals surface area contributed by atoms with Gasteiger partial charge in [-0.2, -0.15) is 5.10 Å². The van der Waals surface area contributed by atoms with Gasteiger partial charge in [0.25, 0.3) is 0 Å². The van der Waals surface area contributed by atoms with E-state index in [1.165, 1.54) is 0 Å². The van der Waals surface area contributed by atoms with Crippen LogP contribution in [0.5, 0.6) is 0 Å². The van der Waals surface area contributed by atoms with Crippen LogP contribution in [0.25, 0.3) is 11.3 Å². The maximum absolute atomic E-state index is 12.4. The second-order valence-electron chi connectivity index (χ2n) is 6.60. The highest BCUT2D eigenvalue weighted by Crippen LogP contribution is 2.31. The van der Waals surface area contributed by atoms with Gasteiger partial charge in [-0.15, -0.1) is 0 Å². The van der Waals surface area contributed by atoms with Crippen molar-refractivity contribution in [3.63, 3.8) is 0 Å². The molecule has 1 atom stereocenters. The van der Waals surface area contributed by atoms with E-state index < -0.39 is 0 Å². The Bertz CT molecular complexity index is 792.